The van der Waals surface area contributed by atoms with Gasteiger partial charge in [-0.25, -0.2) is 0 Å². The van der Waals surface area contributed by atoms with Gasteiger partial charge in [0.15, 0.2) is 5.75 Å². The molecule has 4 heteroatoms. The molecular weight excluding hydrogens is 276 g/mol. The minimum absolute atomic E-state index is 0.159. The number of aromatic nitrogens is 1. The van der Waals surface area contributed by atoms with Gasteiger partial charge in [0.25, 0.3) is 0 Å². The number of benzene rings is 1. The van der Waals surface area contributed by atoms with Crippen LogP contribution in [0, 0.1) is 0 Å². The van der Waals surface area contributed by atoms with Gasteiger partial charge in [0.2, 0.25) is 5.43 Å². The summed E-state index contributed by atoms with van der Waals surface area (Å²) in [5, 5.41) is 9.51. The zero-order valence-electron chi connectivity index (χ0n) is 12.5. The molecule has 1 aliphatic carbocycles. The number of pyridine rings is 1. The van der Waals surface area contributed by atoms with Crippen LogP contribution in [-0.4, -0.2) is 21.1 Å². The van der Waals surface area contributed by atoms with E-state index in [0.717, 1.165) is 37.8 Å². The van der Waals surface area contributed by atoms with Crippen molar-refractivity contribution in [1.82, 2.24) is 9.47 Å². The predicted molar refractivity (Wildman–Crippen MR) is 84.9 cm³/mol. The van der Waals surface area contributed by atoms with Crippen molar-refractivity contribution in [3.05, 3.63) is 63.6 Å². The standard InChI is InChI=1S/C18H20N2O2/c21-17-9-16-11-19(7-8-20(16)12-18(17)22)10-13-1-3-14(4-2-13)15-5-6-15/h1-4,9,12,15,22H,5-8,10-11H2. The van der Waals surface area contributed by atoms with Crippen molar-refractivity contribution in [1.29, 1.82) is 0 Å². The molecule has 0 spiro atoms. The van der Waals surface area contributed by atoms with Crippen LogP contribution in [-0.2, 0) is 19.6 Å². The Hall–Kier alpha value is -2.07. The second-order valence-electron chi connectivity index (χ2n) is 6.43. The van der Waals surface area contributed by atoms with Gasteiger partial charge < -0.3 is 9.67 Å². The molecule has 4 rings (SSSR count). The maximum atomic E-state index is 11.6. The minimum atomic E-state index is -0.290. The normalized spacial score (nSPS) is 18.2. The third-order valence-corrected chi connectivity index (χ3v) is 4.67. The van der Waals surface area contributed by atoms with E-state index in [0.29, 0.717) is 0 Å². The average molecular weight is 296 g/mol. The first-order chi connectivity index (χ1) is 10.7. The first-order valence-electron chi connectivity index (χ1n) is 7.92. The quantitative estimate of drug-likeness (QED) is 0.946. The van der Waals surface area contributed by atoms with Gasteiger partial charge in [-0.1, -0.05) is 24.3 Å². The van der Waals surface area contributed by atoms with Gasteiger partial charge in [0.05, 0.1) is 6.20 Å². The monoisotopic (exact) mass is 296 g/mol. The lowest BCUT2D eigenvalue weighted by Crippen LogP contribution is -2.34. The number of aromatic hydroxyl groups is 1. The van der Waals surface area contributed by atoms with Crippen molar-refractivity contribution in [3.63, 3.8) is 0 Å². The van der Waals surface area contributed by atoms with Crippen LogP contribution >= 0.6 is 0 Å². The first-order valence-corrected chi connectivity index (χ1v) is 7.92. The maximum absolute atomic E-state index is 11.6. The molecule has 22 heavy (non-hydrogen) atoms. The Balaban J connectivity index is 1.47. The summed E-state index contributed by atoms with van der Waals surface area (Å²) >= 11 is 0. The molecule has 0 saturated heterocycles. The highest BCUT2D eigenvalue weighted by Crippen LogP contribution is 2.39. The smallest absolute Gasteiger partial charge is 0.223 e. The molecule has 114 valence electrons. The molecule has 1 aromatic heterocycles. The van der Waals surface area contributed by atoms with E-state index in [-0.39, 0.29) is 11.2 Å². The van der Waals surface area contributed by atoms with Crippen LogP contribution in [0.15, 0.2) is 41.3 Å². The molecular formula is C18H20N2O2. The molecule has 1 aromatic carbocycles. The van der Waals surface area contributed by atoms with Crippen molar-refractivity contribution in [2.45, 2.75) is 38.4 Å². The molecule has 2 heterocycles. The van der Waals surface area contributed by atoms with Crippen molar-refractivity contribution in [2.24, 2.45) is 0 Å². The molecule has 4 nitrogen and oxygen atoms in total. The molecule has 1 N–H and O–H groups in total. The zero-order valence-corrected chi connectivity index (χ0v) is 12.5. The van der Waals surface area contributed by atoms with E-state index >= 15 is 0 Å². The fraction of sp³-hybridized carbons (Fsp3) is 0.389. The Morgan fingerprint density at radius 2 is 1.91 bits per heavy atom. The van der Waals surface area contributed by atoms with Gasteiger partial charge in [-0.05, 0) is 29.9 Å². The summed E-state index contributed by atoms with van der Waals surface area (Å²) in [5.74, 6) is 0.642. The predicted octanol–water partition coefficient (Wildman–Crippen LogP) is 2.45. The third-order valence-electron chi connectivity index (χ3n) is 4.67. The van der Waals surface area contributed by atoms with Crippen LogP contribution in [0.2, 0.25) is 0 Å². The summed E-state index contributed by atoms with van der Waals surface area (Å²) in [6, 6.07) is 10.5. The van der Waals surface area contributed by atoms with Gasteiger partial charge in [-0.15, -0.1) is 0 Å². The summed E-state index contributed by atoms with van der Waals surface area (Å²) in [6.45, 7) is 3.39. The van der Waals surface area contributed by atoms with E-state index in [1.165, 1.54) is 24.0 Å². The molecule has 0 unspecified atom stereocenters. The Bertz CT molecular complexity index is 745. The lowest BCUT2D eigenvalue weighted by Gasteiger charge is -2.30. The highest BCUT2D eigenvalue weighted by molar-refractivity contribution is 5.28. The lowest BCUT2D eigenvalue weighted by atomic mass is 10.1. The second kappa shape index (κ2) is 5.29. The van der Waals surface area contributed by atoms with E-state index in [2.05, 4.69) is 29.2 Å². The highest BCUT2D eigenvalue weighted by Gasteiger charge is 2.23. The third kappa shape index (κ3) is 2.66. The SMILES string of the molecule is O=c1cc2n(cc1O)CCN(Cc1ccc(C3CC3)cc1)C2. The van der Waals surface area contributed by atoms with Crippen molar-refractivity contribution >= 4 is 0 Å². The summed E-state index contributed by atoms with van der Waals surface area (Å²) in [7, 11) is 0. The van der Waals surface area contributed by atoms with E-state index in [4.69, 9.17) is 0 Å². The van der Waals surface area contributed by atoms with Crippen LogP contribution in [0.4, 0.5) is 0 Å². The fourth-order valence-electron chi connectivity index (χ4n) is 3.21. The number of hydrogen-bond donors (Lipinski definition) is 1. The molecule has 1 aliphatic heterocycles. The molecule has 0 atom stereocenters. The molecule has 1 fully saturated rings. The highest BCUT2D eigenvalue weighted by atomic mass is 16.3. The molecule has 0 bridgehead atoms. The summed E-state index contributed by atoms with van der Waals surface area (Å²) < 4.78 is 1.98. The van der Waals surface area contributed by atoms with E-state index in [9.17, 15) is 9.90 Å². The van der Waals surface area contributed by atoms with E-state index in [1.807, 2.05) is 4.57 Å². The van der Waals surface area contributed by atoms with Gasteiger partial charge in [-0.3, -0.25) is 9.69 Å². The zero-order chi connectivity index (χ0) is 15.1. The van der Waals surface area contributed by atoms with Crippen LogP contribution in [0.3, 0.4) is 0 Å². The average Bonchev–Trinajstić information content (AvgIpc) is 3.34. The molecule has 0 amide bonds. The topological polar surface area (TPSA) is 45.5 Å². The van der Waals surface area contributed by atoms with Gasteiger partial charge in [0.1, 0.15) is 0 Å². The molecule has 2 aromatic rings. The number of nitrogens with zero attached hydrogens (tertiary/aromatic N) is 2. The van der Waals surface area contributed by atoms with Crippen molar-refractivity contribution in [3.8, 4) is 5.75 Å². The van der Waals surface area contributed by atoms with Crippen molar-refractivity contribution < 1.29 is 5.11 Å². The Labute approximate surface area is 129 Å². The van der Waals surface area contributed by atoms with Gasteiger partial charge in [-0.2, -0.15) is 0 Å². The molecule has 2 aliphatic rings. The Morgan fingerprint density at radius 3 is 2.64 bits per heavy atom. The van der Waals surface area contributed by atoms with Gasteiger partial charge >= 0.3 is 0 Å². The summed E-state index contributed by atoms with van der Waals surface area (Å²) in [6.07, 6.45) is 4.23. The molecule has 1 saturated carbocycles. The van der Waals surface area contributed by atoms with Crippen molar-refractivity contribution in [2.75, 3.05) is 6.54 Å². The number of hydrogen-bond acceptors (Lipinski definition) is 3. The largest absolute Gasteiger partial charge is 0.503 e. The summed E-state index contributed by atoms with van der Waals surface area (Å²) in [4.78, 5) is 13.9. The van der Waals surface area contributed by atoms with Crippen LogP contribution < -0.4 is 5.43 Å². The van der Waals surface area contributed by atoms with Crippen LogP contribution in [0.1, 0.15) is 35.6 Å². The number of fused-ring (bicyclic) bond motifs is 1. The van der Waals surface area contributed by atoms with Gasteiger partial charge in [0, 0.05) is 37.9 Å². The lowest BCUT2D eigenvalue weighted by molar-refractivity contribution is 0.210. The van der Waals surface area contributed by atoms with E-state index < -0.39 is 0 Å². The first kappa shape index (κ1) is 13.6. The summed E-state index contributed by atoms with van der Waals surface area (Å²) in [5.41, 5.74) is 3.47. The Morgan fingerprint density at radius 1 is 1.14 bits per heavy atom. The minimum Gasteiger partial charge on any atom is -0.503 e. The van der Waals surface area contributed by atoms with E-state index in [1.54, 1.807) is 12.3 Å². The Kier molecular flexibility index (Phi) is 3.26. The second-order valence-corrected chi connectivity index (χ2v) is 6.43. The number of rotatable bonds is 3. The van der Waals surface area contributed by atoms with Crippen LogP contribution in [0.25, 0.3) is 0 Å². The fourth-order valence-corrected chi connectivity index (χ4v) is 3.21. The maximum Gasteiger partial charge on any atom is 0.223 e. The molecule has 0 radical (unpaired) electrons. The van der Waals surface area contributed by atoms with Crippen LogP contribution in [0.5, 0.6) is 5.75 Å².